The smallest absolute Gasteiger partial charge is 0.0350 e. The van der Waals surface area contributed by atoms with Gasteiger partial charge in [-0.05, 0) is 39.9 Å². The summed E-state index contributed by atoms with van der Waals surface area (Å²) in [6, 6.07) is 1.60. The Labute approximate surface area is 100 Å². The predicted octanol–water partition coefficient (Wildman–Crippen LogP) is 1.15. The summed E-state index contributed by atoms with van der Waals surface area (Å²) in [4.78, 5) is 5.13. The maximum Gasteiger partial charge on any atom is 0.0350 e. The molecule has 1 unspecified atom stereocenters. The molecule has 16 heavy (non-hydrogen) atoms. The molecule has 0 aromatic heterocycles. The summed E-state index contributed by atoms with van der Waals surface area (Å²) in [7, 11) is 4.38. The highest BCUT2D eigenvalue weighted by Gasteiger charge is 2.29. The second-order valence-electron chi connectivity index (χ2n) is 5.65. The molecular weight excluding hydrogens is 198 g/mol. The zero-order valence-corrected chi connectivity index (χ0v) is 10.9. The first-order valence-corrected chi connectivity index (χ1v) is 6.88. The number of hydrogen-bond donors (Lipinski definition) is 1. The third kappa shape index (κ3) is 3.19. The van der Waals surface area contributed by atoms with Gasteiger partial charge in [0.2, 0.25) is 0 Å². The molecule has 1 saturated heterocycles. The van der Waals surface area contributed by atoms with Crippen LogP contribution in [0.4, 0.5) is 0 Å². The zero-order valence-electron chi connectivity index (χ0n) is 10.9. The molecule has 0 bridgehead atoms. The SMILES string of the molecule is CN(C)CC1CNCCCN1C1CCCC1. The van der Waals surface area contributed by atoms with Crippen LogP contribution in [-0.2, 0) is 0 Å². The molecule has 0 aromatic rings. The normalized spacial score (nSPS) is 29.8. The molecule has 1 N–H and O–H groups in total. The molecule has 3 heteroatoms. The van der Waals surface area contributed by atoms with Gasteiger partial charge < -0.3 is 10.2 Å². The van der Waals surface area contributed by atoms with Crippen molar-refractivity contribution >= 4 is 0 Å². The largest absolute Gasteiger partial charge is 0.315 e. The Morgan fingerprint density at radius 3 is 2.62 bits per heavy atom. The average molecular weight is 225 g/mol. The molecule has 0 amide bonds. The second-order valence-corrected chi connectivity index (χ2v) is 5.65. The highest BCUT2D eigenvalue weighted by molar-refractivity contribution is 4.87. The third-order valence-electron chi connectivity index (χ3n) is 3.99. The molecule has 0 spiro atoms. The molecule has 0 radical (unpaired) electrons. The van der Waals surface area contributed by atoms with Crippen molar-refractivity contribution in [1.82, 2.24) is 15.1 Å². The van der Waals surface area contributed by atoms with Gasteiger partial charge in [-0.1, -0.05) is 12.8 Å². The van der Waals surface area contributed by atoms with Gasteiger partial charge in [-0.25, -0.2) is 0 Å². The van der Waals surface area contributed by atoms with Crippen LogP contribution in [0, 0.1) is 0 Å². The van der Waals surface area contributed by atoms with Crippen LogP contribution in [0.3, 0.4) is 0 Å². The van der Waals surface area contributed by atoms with Crippen molar-refractivity contribution < 1.29 is 0 Å². The lowest BCUT2D eigenvalue weighted by Crippen LogP contribution is -2.49. The molecule has 94 valence electrons. The number of likely N-dealkylation sites (N-methyl/N-ethyl adjacent to an activating group) is 1. The molecule has 1 aliphatic carbocycles. The highest BCUT2D eigenvalue weighted by Crippen LogP contribution is 2.25. The topological polar surface area (TPSA) is 18.5 Å². The van der Waals surface area contributed by atoms with E-state index in [1.54, 1.807) is 0 Å². The predicted molar refractivity (Wildman–Crippen MR) is 68.8 cm³/mol. The van der Waals surface area contributed by atoms with Crippen LogP contribution in [0.5, 0.6) is 0 Å². The summed E-state index contributed by atoms with van der Waals surface area (Å²) in [6.45, 7) is 4.88. The van der Waals surface area contributed by atoms with Gasteiger partial charge in [-0.3, -0.25) is 4.90 Å². The van der Waals surface area contributed by atoms with Gasteiger partial charge in [0.15, 0.2) is 0 Å². The molecule has 1 heterocycles. The summed E-state index contributed by atoms with van der Waals surface area (Å²) in [5.41, 5.74) is 0. The Morgan fingerprint density at radius 2 is 1.94 bits per heavy atom. The zero-order chi connectivity index (χ0) is 11.4. The van der Waals surface area contributed by atoms with Gasteiger partial charge in [-0.2, -0.15) is 0 Å². The van der Waals surface area contributed by atoms with E-state index in [1.165, 1.54) is 58.3 Å². The monoisotopic (exact) mass is 225 g/mol. The Balaban J connectivity index is 1.97. The minimum absolute atomic E-state index is 0.723. The Kier molecular flexibility index (Phi) is 4.62. The lowest BCUT2D eigenvalue weighted by atomic mass is 10.1. The first-order chi connectivity index (χ1) is 7.77. The molecule has 1 aliphatic heterocycles. The molecule has 2 aliphatic rings. The molecule has 1 saturated carbocycles. The third-order valence-corrected chi connectivity index (χ3v) is 3.99. The quantitative estimate of drug-likeness (QED) is 0.777. The molecule has 2 fully saturated rings. The molecular formula is C13H27N3. The number of nitrogens with zero attached hydrogens (tertiary/aromatic N) is 2. The van der Waals surface area contributed by atoms with E-state index >= 15 is 0 Å². The summed E-state index contributed by atoms with van der Waals surface area (Å²) in [5.74, 6) is 0. The van der Waals surface area contributed by atoms with Gasteiger partial charge in [0, 0.05) is 31.7 Å². The van der Waals surface area contributed by atoms with E-state index in [1.807, 2.05) is 0 Å². The van der Waals surface area contributed by atoms with Crippen molar-refractivity contribution in [2.75, 3.05) is 40.3 Å². The van der Waals surface area contributed by atoms with Gasteiger partial charge in [0.1, 0.15) is 0 Å². The van der Waals surface area contributed by atoms with Gasteiger partial charge in [-0.15, -0.1) is 0 Å². The van der Waals surface area contributed by atoms with E-state index in [9.17, 15) is 0 Å². The molecule has 3 nitrogen and oxygen atoms in total. The fourth-order valence-corrected chi connectivity index (χ4v) is 3.26. The van der Waals surface area contributed by atoms with Crippen molar-refractivity contribution in [1.29, 1.82) is 0 Å². The van der Waals surface area contributed by atoms with E-state index in [0.717, 1.165) is 12.1 Å². The van der Waals surface area contributed by atoms with Crippen LogP contribution in [0.15, 0.2) is 0 Å². The second kappa shape index (κ2) is 5.99. The van der Waals surface area contributed by atoms with Crippen molar-refractivity contribution in [3.05, 3.63) is 0 Å². The highest BCUT2D eigenvalue weighted by atomic mass is 15.2. The molecule has 0 aromatic carbocycles. The van der Waals surface area contributed by atoms with Crippen molar-refractivity contribution in [3.63, 3.8) is 0 Å². The Morgan fingerprint density at radius 1 is 1.19 bits per heavy atom. The first-order valence-electron chi connectivity index (χ1n) is 6.88. The molecule has 2 rings (SSSR count). The van der Waals surface area contributed by atoms with Gasteiger partial charge in [0.05, 0.1) is 0 Å². The maximum absolute atomic E-state index is 3.59. The van der Waals surface area contributed by atoms with Gasteiger partial charge in [0.25, 0.3) is 0 Å². The Hall–Kier alpha value is -0.120. The number of hydrogen-bond acceptors (Lipinski definition) is 3. The maximum atomic E-state index is 3.59. The average Bonchev–Trinajstić information content (AvgIpc) is 2.66. The summed E-state index contributed by atoms with van der Waals surface area (Å²) in [5, 5.41) is 3.59. The van der Waals surface area contributed by atoms with Crippen LogP contribution in [0.25, 0.3) is 0 Å². The van der Waals surface area contributed by atoms with Crippen molar-refractivity contribution in [2.24, 2.45) is 0 Å². The summed E-state index contributed by atoms with van der Waals surface area (Å²) < 4.78 is 0. The molecule has 1 atom stereocenters. The van der Waals surface area contributed by atoms with Crippen LogP contribution >= 0.6 is 0 Å². The van der Waals surface area contributed by atoms with Crippen LogP contribution in [0.1, 0.15) is 32.1 Å². The van der Waals surface area contributed by atoms with E-state index in [4.69, 9.17) is 0 Å². The van der Waals surface area contributed by atoms with E-state index in [0.29, 0.717) is 0 Å². The van der Waals surface area contributed by atoms with Gasteiger partial charge >= 0.3 is 0 Å². The van der Waals surface area contributed by atoms with E-state index in [2.05, 4.69) is 29.2 Å². The minimum atomic E-state index is 0.723. The van der Waals surface area contributed by atoms with Crippen molar-refractivity contribution in [3.8, 4) is 0 Å². The summed E-state index contributed by atoms with van der Waals surface area (Å²) in [6.07, 6.45) is 7.08. The Bertz CT molecular complexity index is 199. The van der Waals surface area contributed by atoms with Crippen LogP contribution in [-0.4, -0.2) is 62.2 Å². The number of rotatable bonds is 3. The fourth-order valence-electron chi connectivity index (χ4n) is 3.26. The minimum Gasteiger partial charge on any atom is -0.315 e. The van der Waals surface area contributed by atoms with Crippen molar-refractivity contribution in [2.45, 2.75) is 44.2 Å². The fraction of sp³-hybridized carbons (Fsp3) is 1.00. The van der Waals surface area contributed by atoms with Crippen LogP contribution < -0.4 is 5.32 Å². The number of nitrogens with one attached hydrogen (secondary N) is 1. The summed E-state index contributed by atoms with van der Waals surface area (Å²) >= 11 is 0. The standard InChI is InChI=1S/C13H27N3/c1-15(2)11-13-10-14-8-5-9-16(13)12-6-3-4-7-12/h12-14H,3-11H2,1-2H3. The van der Waals surface area contributed by atoms with E-state index < -0.39 is 0 Å². The first kappa shape index (κ1) is 12.3. The van der Waals surface area contributed by atoms with E-state index in [-0.39, 0.29) is 0 Å². The lowest BCUT2D eigenvalue weighted by molar-refractivity contribution is 0.122. The lowest BCUT2D eigenvalue weighted by Gasteiger charge is -2.36. The van der Waals surface area contributed by atoms with Crippen LogP contribution in [0.2, 0.25) is 0 Å².